The number of carbonyl (C=O) groups excluding carboxylic acids is 1. The Morgan fingerprint density at radius 1 is 1.16 bits per heavy atom. The summed E-state index contributed by atoms with van der Waals surface area (Å²) in [4.78, 5) is 14.7. The van der Waals surface area contributed by atoms with Crippen LogP contribution in [0.2, 0.25) is 0 Å². The predicted octanol–water partition coefficient (Wildman–Crippen LogP) is 2.48. The number of hydrogen-bond acceptors (Lipinski definition) is 2. The van der Waals surface area contributed by atoms with Crippen molar-refractivity contribution in [2.24, 2.45) is 11.7 Å². The first kappa shape index (κ1) is 12.7. The summed E-state index contributed by atoms with van der Waals surface area (Å²) in [5.41, 5.74) is 8.41. The van der Waals surface area contributed by atoms with Crippen LogP contribution in [0.25, 0.3) is 0 Å². The molecule has 1 aromatic rings. The number of para-hydroxylation sites is 1. The molecule has 0 aromatic heterocycles. The molecule has 3 rings (SSSR count). The minimum atomic E-state index is 0.0717. The van der Waals surface area contributed by atoms with Gasteiger partial charge in [-0.15, -0.1) is 0 Å². The molecule has 0 spiro atoms. The van der Waals surface area contributed by atoms with Gasteiger partial charge in [0.2, 0.25) is 5.91 Å². The van der Waals surface area contributed by atoms with Crippen LogP contribution in [0.15, 0.2) is 24.3 Å². The van der Waals surface area contributed by atoms with Gasteiger partial charge < -0.3 is 10.6 Å². The summed E-state index contributed by atoms with van der Waals surface area (Å²) >= 11 is 0. The Morgan fingerprint density at radius 2 is 1.89 bits per heavy atom. The first-order chi connectivity index (χ1) is 9.25. The highest BCUT2D eigenvalue weighted by Gasteiger charge is 2.31. The van der Waals surface area contributed by atoms with Crippen molar-refractivity contribution >= 4 is 11.6 Å². The number of nitrogens with two attached hydrogens (primary N) is 1. The van der Waals surface area contributed by atoms with Crippen molar-refractivity contribution in [3.8, 4) is 0 Å². The third-order valence-electron chi connectivity index (χ3n) is 4.40. The van der Waals surface area contributed by atoms with Crippen LogP contribution in [0, 0.1) is 5.92 Å². The molecule has 3 heteroatoms. The topological polar surface area (TPSA) is 46.3 Å². The number of nitrogens with zero attached hydrogens (tertiary/aromatic N) is 1. The van der Waals surface area contributed by atoms with Crippen LogP contribution in [0.4, 0.5) is 5.69 Å². The molecule has 1 heterocycles. The highest BCUT2D eigenvalue weighted by atomic mass is 16.2. The van der Waals surface area contributed by atoms with E-state index in [-0.39, 0.29) is 12.0 Å². The smallest absolute Gasteiger partial charge is 0.230 e. The average molecular weight is 258 g/mol. The molecule has 3 nitrogen and oxygen atoms in total. The molecule has 1 aliphatic carbocycles. The van der Waals surface area contributed by atoms with Gasteiger partial charge in [0, 0.05) is 24.2 Å². The maximum Gasteiger partial charge on any atom is 0.230 e. The minimum Gasteiger partial charge on any atom is -0.326 e. The summed E-state index contributed by atoms with van der Waals surface area (Å²) in [6, 6.07) is 8.26. The molecule has 1 aliphatic heterocycles. The van der Waals surface area contributed by atoms with Crippen LogP contribution >= 0.6 is 0 Å². The monoisotopic (exact) mass is 258 g/mol. The van der Waals surface area contributed by atoms with E-state index in [9.17, 15) is 4.79 Å². The quantitative estimate of drug-likeness (QED) is 0.841. The van der Waals surface area contributed by atoms with Gasteiger partial charge in [-0.25, -0.2) is 0 Å². The molecule has 19 heavy (non-hydrogen) atoms. The number of amides is 1. The van der Waals surface area contributed by atoms with Crippen molar-refractivity contribution < 1.29 is 4.79 Å². The Kier molecular flexibility index (Phi) is 3.56. The van der Waals surface area contributed by atoms with Crippen molar-refractivity contribution in [3.63, 3.8) is 0 Å². The van der Waals surface area contributed by atoms with Gasteiger partial charge in [-0.05, 0) is 30.9 Å². The van der Waals surface area contributed by atoms with Gasteiger partial charge in [0.25, 0.3) is 0 Å². The van der Waals surface area contributed by atoms with Crippen LogP contribution in [0.5, 0.6) is 0 Å². The van der Waals surface area contributed by atoms with Gasteiger partial charge in [-0.1, -0.05) is 37.5 Å². The zero-order chi connectivity index (χ0) is 13.2. The van der Waals surface area contributed by atoms with Crippen molar-refractivity contribution in [3.05, 3.63) is 29.8 Å². The molecule has 0 saturated heterocycles. The highest BCUT2D eigenvalue weighted by Crippen LogP contribution is 2.31. The molecular formula is C16H22N2O. The van der Waals surface area contributed by atoms with E-state index >= 15 is 0 Å². The van der Waals surface area contributed by atoms with Crippen molar-refractivity contribution in [2.45, 2.75) is 44.6 Å². The fourth-order valence-corrected chi connectivity index (χ4v) is 3.41. The Morgan fingerprint density at radius 3 is 2.68 bits per heavy atom. The van der Waals surface area contributed by atoms with E-state index in [0.717, 1.165) is 24.9 Å². The molecule has 1 saturated carbocycles. The van der Waals surface area contributed by atoms with Crippen LogP contribution < -0.4 is 10.6 Å². The number of rotatable bonds is 1. The number of carbonyl (C=O) groups is 1. The Hall–Kier alpha value is -1.35. The second-order valence-electron chi connectivity index (χ2n) is 5.88. The molecule has 1 amide bonds. The summed E-state index contributed by atoms with van der Waals surface area (Å²) in [5, 5.41) is 0. The SMILES string of the molecule is NC1Cc2ccccc2N(C(=O)C2CCCCC2)C1. The normalized spacial score (nSPS) is 24.1. The molecule has 1 atom stereocenters. The van der Waals surface area contributed by atoms with Crippen LogP contribution in [-0.2, 0) is 11.2 Å². The number of hydrogen-bond donors (Lipinski definition) is 1. The van der Waals surface area contributed by atoms with E-state index in [4.69, 9.17) is 5.73 Å². The zero-order valence-corrected chi connectivity index (χ0v) is 11.3. The van der Waals surface area contributed by atoms with Crippen LogP contribution in [-0.4, -0.2) is 18.5 Å². The number of anilines is 1. The third-order valence-corrected chi connectivity index (χ3v) is 4.40. The highest BCUT2D eigenvalue weighted by molar-refractivity contribution is 5.96. The number of fused-ring (bicyclic) bond motifs is 1. The van der Waals surface area contributed by atoms with Gasteiger partial charge in [0.05, 0.1) is 0 Å². The van der Waals surface area contributed by atoms with Crippen LogP contribution in [0.1, 0.15) is 37.7 Å². The Bertz CT molecular complexity index is 466. The average Bonchev–Trinajstić information content (AvgIpc) is 2.46. The standard InChI is InChI=1S/C16H22N2O/c17-14-10-13-8-4-5-9-15(13)18(11-14)16(19)12-6-2-1-3-7-12/h4-5,8-9,12,14H,1-3,6-7,10-11,17H2. The first-order valence-electron chi connectivity index (χ1n) is 7.40. The fraction of sp³-hybridized carbons (Fsp3) is 0.562. The van der Waals surface area contributed by atoms with E-state index in [1.165, 1.54) is 24.8 Å². The third kappa shape index (κ3) is 2.52. The van der Waals surface area contributed by atoms with Crippen LogP contribution in [0.3, 0.4) is 0 Å². The summed E-state index contributed by atoms with van der Waals surface area (Å²) in [6.07, 6.45) is 6.64. The van der Waals surface area contributed by atoms with Gasteiger partial charge >= 0.3 is 0 Å². The molecule has 0 radical (unpaired) electrons. The molecular weight excluding hydrogens is 236 g/mol. The largest absolute Gasteiger partial charge is 0.326 e. The van der Waals surface area contributed by atoms with E-state index in [1.54, 1.807) is 0 Å². The summed E-state index contributed by atoms with van der Waals surface area (Å²) in [5.74, 6) is 0.509. The van der Waals surface area contributed by atoms with Crippen molar-refractivity contribution in [1.82, 2.24) is 0 Å². The Labute approximate surface area is 114 Å². The lowest BCUT2D eigenvalue weighted by atomic mass is 9.87. The van der Waals surface area contributed by atoms with E-state index < -0.39 is 0 Å². The van der Waals surface area contributed by atoms with E-state index in [0.29, 0.717) is 12.5 Å². The van der Waals surface area contributed by atoms with Crippen molar-refractivity contribution in [2.75, 3.05) is 11.4 Å². The molecule has 2 N–H and O–H groups in total. The predicted molar refractivity (Wildman–Crippen MR) is 77.0 cm³/mol. The second-order valence-corrected chi connectivity index (χ2v) is 5.88. The second kappa shape index (κ2) is 5.33. The molecule has 2 aliphatic rings. The zero-order valence-electron chi connectivity index (χ0n) is 11.3. The van der Waals surface area contributed by atoms with Gasteiger partial charge in [-0.2, -0.15) is 0 Å². The summed E-state index contributed by atoms with van der Waals surface area (Å²) < 4.78 is 0. The first-order valence-corrected chi connectivity index (χ1v) is 7.40. The van der Waals surface area contributed by atoms with Crippen molar-refractivity contribution in [1.29, 1.82) is 0 Å². The lowest BCUT2D eigenvalue weighted by Gasteiger charge is -2.36. The molecule has 102 valence electrons. The molecule has 1 fully saturated rings. The van der Waals surface area contributed by atoms with E-state index in [1.807, 2.05) is 17.0 Å². The van der Waals surface area contributed by atoms with Gasteiger partial charge in [0.1, 0.15) is 0 Å². The molecule has 0 bridgehead atoms. The Balaban J connectivity index is 1.85. The summed E-state index contributed by atoms with van der Waals surface area (Å²) in [7, 11) is 0. The number of benzene rings is 1. The fourth-order valence-electron chi connectivity index (χ4n) is 3.41. The lowest BCUT2D eigenvalue weighted by molar-refractivity contribution is -0.123. The van der Waals surface area contributed by atoms with E-state index in [2.05, 4.69) is 12.1 Å². The molecule has 1 unspecified atom stereocenters. The maximum absolute atomic E-state index is 12.7. The summed E-state index contributed by atoms with van der Waals surface area (Å²) in [6.45, 7) is 0.673. The van der Waals surface area contributed by atoms with Gasteiger partial charge in [0.15, 0.2) is 0 Å². The lowest BCUT2D eigenvalue weighted by Crippen LogP contribution is -2.48. The minimum absolute atomic E-state index is 0.0717. The molecule has 1 aromatic carbocycles. The maximum atomic E-state index is 12.7. The van der Waals surface area contributed by atoms with Gasteiger partial charge in [-0.3, -0.25) is 4.79 Å².